The number of ether oxygens (including phenoxy) is 1. The summed E-state index contributed by atoms with van der Waals surface area (Å²) < 4.78 is 5.29. The molecule has 0 fully saturated rings. The largest absolute Gasteiger partial charge is 0.389 e. The average molecular weight is 313 g/mol. The van der Waals surface area contributed by atoms with E-state index in [0.717, 1.165) is 5.56 Å². The lowest BCUT2D eigenvalue weighted by atomic mass is 10.2. The van der Waals surface area contributed by atoms with Crippen LogP contribution in [0.25, 0.3) is 6.08 Å². The van der Waals surface area contributed by atoms with Crippen LogP contribution in [0.1, 0.15) is 19.4 Å². The van der Waals surface area contributed by atoms with Gasteiger partial charge < -0.3 is 15.2 Å². The molecule has 1 unspecified atom stereocenters. The summed E-state index contributed by atoms with van der Waals surface area (Å²) in [7, 11) is 0. The van der Waals surface area contributed by atoms with Crippen LogP contribution in [-0.4, -0.2) is 41.9 Å². The topological polar surface area (TPSA) is 71.5 Å². The number of amides is 1. The Hall–Kier alpha value is -1.43. The molecule has 0 saturated carbocycles. The van der Waals surface area contributed by atoms with E-state index < -0.39 is 6.10 Å². The number of nitrogens with zero attached hydrogens (tertiary/aromatic N) is 1. The van der Waals surface area contributed by atoms with Crippen molar-refractivity contribution in [1.82, 2.24) is 10.3 Å². The fraction of sp³-hybridized carbons (Fsp3) is 0.467. The van der Waals surface area contributed by atoms with Crippen molar-refractivity contribution >= 4 is 23.6 Å². The first-order valence-corrected chi connectivity index (χ1v) is 7.18. The molecule has 1 rings (SSSR count). The van der Waals surface area contributed by atoms with Crippen molar-refractivity contribution in [3.63, 3.8) is 0 Å². The van der Waals surface area contributed by atoms with E-state index in [-0.39, 0.29) is 19.1 Å². The summed E-state index contributed by atoms with van der Waals surface area (Å²) >= 11 is 5.67. The summed E-state index contributed by atoms with van der Waals surface area (Å²) in [6.07, 6.45) is 3.87. The summed E-state index contributed by atoms with van der Waals surface area (Å²) in [5.74, 6) is 0.135. The monoisotopic (exact) mass is 312 g/mol. The second-order valence-electron chi connectivity index (χ2n) is 5.08. The summed E-state index contributed by atoms with van der Waals surface area (Å²) in [6, 6.07) is 3.41. The third-order valence-corrected chi connectivity index (χ3v) is 2.67. The minimum atomic E-state index is -0.710. The maximum atomic E-state index is 11.6. The normalized spacial score (nSPS) is 12.8. The van der Waals surface area contributed by atoms with Crippen molar-refractivity contribution in [2.24, 2.45) is 5.92 Å². The van der Waals surface area contributed by atoms with Gasteiger partial charge in [0.2, 0.25) is 5.91 Å². The van der Waals surface area contributed by atoms with Crippen molar-refractivity contribution in [2.75, 3.05) is 19.8 Å². The van der Waals surface area contributed by atoms with Crippen LogP contribution in [0.2, 0.25) is 5.15 Å². The van der Waals surface area contributed by atoms with Crippen LogP contribution < -0.4 is 5.32 Å². The minimum Gasteiger partial charge on any atom is -0.389 e. The molecule has 116 valence electrons. The second kappa shape index (κ2) is 9.50. The highest BCUT2D eigenvalue weighted by Crippen LogP contribution is 2.06. The zero-order valence-corrected chi connectivity index (χ0v) is 13.0. The lowest BCUT2D eigenvalue weighted by molar-refractivity contribution is -0.117. The molecule has 0 aromatic carbocycles. The standard InChI is InChI=1S/C15H21ClN2O3/c1-11(2)9-21-10-13(19)8-18-15(20)6-4-12-3-5-14(16)17-7-12/h3-7,11,13,19H,8-10H2,1-2H3,(H,18,20)/b6-4+. The van der Waals surface area contributed by atoms with Crippen LogP contribution in [0, 0.1) is 5.92 Å². The molecule has 0 aliphatic rings. The van der Waals surface area contributed by atoms with E-state index in [9.17, 15) is 9.90 Å². The average Bonchev–Trinajstić information content (AvgIpc) is 2.44. The van der Waals surface area contributed by atoms with E-state index in [2.05, 4.69) is 10.3 Å². The zero-order valence-electron chi connectivity index (χ0n) is 12.3. The van der Waals surface area contributed by atoms with Crippen molar-refractivity contribution < 1.29 is 14.6 Å². The van der Waals surface area contributed by atoms with E-state index in [1.807, 2.05) is 13.8 Å². The molecule has 6 heteroatoms. The van der Waals surface area contributed by atoms with Gasteiger partial charge in [-0.1, -0.05) is 31.5 Å². The lowest BCUT2D eigenvalue weighted by Gasteiger charge is -2.12. The Morgan fingerprint density at radius 1 is 1.48 bits per heavy atom. The van der Waals surface area contributed by atoms with Gasteiger partial charge in [-0.3, -0.25) is 4.79 Å². The lowest BCUT2D eigenvalue weighted by Crippen LogP contribution is -2.33. The number of pyridine rings is 1. The molecule has 0 aliphatic carbocycles. The van der Waals surface area contributed by atoms with Crippen LogP contribution in [-0.2, 0) is 9.53 Å². The minimum absolute atomic E-state index is 0.153. The van der Waals surface area contributed by atoms with Crippen LogP contribution >= 0.6 is 11.6 Å². The number of hydrogen-bond donors (Lipinski definition) is 2. The Kier molecular flexibility index (Phi) is 7.97. The number of aromatic nitrogens is 1. The molecule has 1 amide bonds. The van der Waals surface area contributed by atoms with Gasteiger partial charge in [0.1, 0.15) is 5.15 Å². The molecule has 1 heterocycles. The number of aliphatic hydroxyl groups excluding tert-OH is 1. The van der Waals surface area contributed by atoms with Gasteiger partial charge in [0.25, 0.3) is 0 Å². The highest BCUT2D eigenvalue weighted by atomic mass is 35.5. The summed E-state index contributed by atoms with van der Waals surface area (Å²) in [5.41, 5.74) is 0.773. The number of rotatable bonds is 8. The van der Waals surface area contributed by atoms with Gasteiger partial charge in [-0.25, -0.2) is 4.98 Å². The first-order valence-electron chi connectivity index (χ1n) is 6.80. The third-order valence-electron chi connectivity index (χ3n) is 2.45. The molecular weight excluding hydrogens is 292 g/mol. The molecule has 0 aliphatic heterocycles. The molecule has 1 aromatic heterocycles. The Morgan fingerprint density at radius 3 is 2.86 bits per heavy atom. The van der Waals surface area contributed by atoms with Crippen molar-refractivity contribution in [3.05, 3.63) is 35.1 Å². The molecule has 0 bridgehead atoms. The van der Waals surface area contributed by atoms with Crippen LogP contribution in [0.15, 0.2) is 24.4 Å². The number of carbonyl (C=O) groups is 1. The van der Waals surface area contributed by atoms with Crippen molar-refractivity contribution in [3.8, 4) is 0 Å². The van der Waals surface area contributed by atoms with E-state index in [1.54, 1.807) is 24.4 Å². The molecule has 0 radical (unpaired) electrons. The Morgan fingerprint density at radius 2 is 2.24 bits per heavy atom. The van der Waals surface area contributed by atoms with E-state index in [4.69, 9.17) is 16.3 Å². The van der Waals surface area contributed by atoms with Gasteiger partial charge >= 0.3 is 0 Å². The first kappa shape index (κ1) is 17.6. The molecule has 21 heavy (non-hydrogen) atoms. The number of carbonyl (C=O) groups excluding carboxylic acids is 1. The highest BCUT2D eigenvalue weighted by Gasteiger charge is 2.06. The number of halogens is 1. The fourth-order valence-corrected chi connectivity index (χ4v) is 1.55. The van der Waals surface area contributed by atoms with E-state index >= 15 is 0 Å². The third kappa shape index (κ3) is 8.45. The first-order chi connectivity index (χ1) is 9.97. The Balaban J connectivity index is 2.25. The van der Waals surface area contributed by atoms with Crippen molar-refractivity contribution in [1.29, 1.82) is 0 Å². The Labute approximate surface area is 130 Å². The molecule has 2 N–H and O–H groups in total. The predicted molar refractivity (Wildman–Crippen MR) is 83.0 cm³/mol. The zero-order chi connectivity index (χ0) is 15.7. The smallest absolute Gasteiger partial charge is 0.244 e. The van der Waals surface area contributed by atoms with Gasteiger partial charge in [0, 0.05) is 25.4 Å². The number of nitrogens with one attached hydrogen (secondary N) is 1. The van der Waals surface area contributed by atoms with Crippen LogP contribution in [0.4, 0.5) is 0 Å². The molecule has 0 spiro atoms. The Bertz CT molecular complexity index is 460. The van der Waals surface area contributed by atoms with Crippen LogP contribution in [0.3, 0.4) is 0 Å². The second-order valence-corrected chi connectivity index (χ2v) is 5.47. The van der Waals surface area contributed by atoms with Gasteiger partial charge in [0.15, 0.2) is 0 Å². The summed E-state index contributed by atoms with van der Waals surface area (Å²) in [4.78, 5) is 15.5. The molecule has 0 saturated heterocycles. The SMILES string of the molecule is CC(C)COCC(O)CNC(=O)/C=C/c1ccc(Cl)nc1. The molecular formula is C15H21ClN2O3. The molecule has 5 nitrogen and oxygen atoms in total. The quantitative estimate of drug-likeness (QED) is 0.568. The van der Waals surface area contributed by atoms with E-state index in [0.29, 0.717) is 17.7 Å². The number of hydrogen-bond acceptors (Lipinski definition) is 4. The van der Waals surface area contributed by atoms with Crippen molar-refractivity contribution in [2.45, 2.75) is 20.0 Å². The van der Waals surface area contributed by atoms with Crippen LogP contribution in [0.5, 0.6) is 0 Å². The summed E-state index contributed by atoms with van der Waals surface area (Å²) in [5, 5.41) is 12.6. The van der Waals surface area contributed by atoms with Gasteiger partial charge in [-0.2, -0.15) is 0 Å². The van der Waals surface area contributed by atoms with Gasteiger partial charge in [-0.15, -0.1) is 0 Å². The number of aliphatic hydroxyl groups is 1. The highest BCUT2D eigenvalue weighted by molar-refractivity contribution is 6.29. The van der Waals surface area contributed by atoms with Gasteiger partial charge in [0.05, 0.1) is 12.7 Å². The maximum absolute atomic E-state index is 11.6. The maximum Gasteiger partial charge on any atom is 0.244 e. The van der Waals surface area contributed by atoms with Gasteiger partial charge in [-0.05, 0) is 23.6 Å². The molecule has 1 atom stereocenters. The van der Waals surface area contributed by atoms with E-state index in [1.165, 1.54) is 6.08 Å². The fourth-order valence-electron chi connectivity index (χ4n) is 1.43. The predicted octanol–water partition coefficient (Wildman–Crippen LogP) is 1.90. The summed E-state index contributed by atoms with van der Waals surface area (Å²) in [6.45, 7) is 5.02. The molecule has 1 aromatic rings.